The topological polar surface area (TPSA) is 80.4 Å². The van der Waals surface area contributed by atoms with Gasteiger partial charge in [-0.05, 0) is 36.6 Å². The summed E-state index contributed by atoms with van der Waals surface area (Å²) in [6.45, 7) is 1.99. The lowest BCUT2D eigenvalue weighted by Crippen LogP contribution is -2.38. The number of halogens is 1. The molecule has 6 heteroatoms. The Kier molecular flexibility index (Phi) is 3.93. The van der Waals surface area contributed by atoms with Crippen molar-refractivity contribution in [2.24, 2.45) is 11.1 Å². The third-order valence-electron chi connectivity index (χ3n) is 3.93. The van der Waals surface area contributed by atoms with E-state index in [0.29, 0.717) is 17.0 Å². The molecule has 106 valence electrons. The standard InChI is InChI=1S/C13H18ClNO3S/c1-9-6-10(14)2-3-11(9)12(16)13(7-15)4-5-19(17,18)8-13/h2-3,6,12,16H,4-5,7-8,15H2,1H3. The number of aliphatic hydroxyl groups is 1. The van der Waals surface area contributed by atoms with Crippen molar-refractivity contribution in [2.75, 3.05) is 18.1 Å². The van der Waals surface area contributed by atoms with E-state index in [1.54, 1.807) is 18.2 Å². The Labute approximate surface area is 118 Å². The van der Waals surface area contributed by atoms with Gasteiger partial charge in [-0.15, -0.1) is 0 Å². The molecular weight excluding hydrogens is 286 g/mol. The fourth-order valence-electron chi connectivity index (χ4n) is 2.71. The zero-order chi connectivity index (χ0) is 14.3. The summed E-state index contributed by atoms with van der Waals surface area (Å²) in [5.41, 5.74) is 6.52. The molecule has 2 unspecified atom stereocenters. The molecule has 19 heavy (non-hydrogen) atoms. The predicted octanol–water partition coefficient (Wildman–Crippen LogP) is 1.45. The molecule has 4 nitrogen and oxygen atoms in total. The van der Waals surface area contributed by atoms with Crippen LogP contribution in [-0.4, -0.2) is 31.6 Å². The summed E-state index contributed by atoms with van der Waals surface area (Å²) < 4.78 is 23.4. The van der Waals surface area contributed by atoms with Gasteiger partial charge in [-0.3, -0.25) is 0 Å². The summed E-state index contributed by atoms with van der Waals surface area (Å²) in [7, 11) is -3.11. The van der Waals surface area contributed by atoms with E-state index in [1.807, 2.05) is 6.92 Å². The predicted molar refractivity (Wildman–Crippen MR) is 75.9 cm³/mol. The highest BCUT2D eigenvalue weighted by Gasteiger charge is 2.47. The monoisotopic (exact) mass is 303 g/mol. The summed E-state index contributed by atoms with van der Waals surface area (Å²) in [5, 5.41) is 11.2. The summed E-state index contributed by atoms with van der Waals surface area (Å²) in [6.07, 6.45) is -0.484. The van der Waals surface area contributed by atoms with Crippen molar-refractivity contribution >= 4 is 21.4 Å². The van der Waals surface area contributed by atoms with Crippen LogP contribution in [0.1, 0.15) is 23.7 Å². The highest BCUT2D eigenvalue weighted by Crippen LogP contribution is 2.43. The van der Waals surface area contributed by atoms with Gasteiger partial charge in [0.05, 0.1) is 17.6 Å². The van der Waals surface area contributed by atoms with Gasteiger partial charge in [0, 0.05) is 17.0 Å². The smallest absolute Gasteiger partial charge is 0.151 e. The molecule has 0 bridgehead atoms. The van der Waals surface area contributed by atoms with Crippen molar-refractivity contribution < 1.29 is 13.5 Å². The normalized spacial score (nSPS) is 27.4. The molecule has 1 aromatic rings. The number of sulfone groups is 1. The second kappa shape index (κ2) is 5.05. The van der Waals surface area contributed by atoms with Gasteiger partial charge in [0.25, 0.3) is 0 Å². The van der Waals surface area contributed by atoms with E-state index in [1.165, 1.54) is 0 Å². The second-order valence-electron chi connectivity index (χ2n) is 5.31. The number of aliphatic hydroxyl groups excluding tert-OH is 1. The molecule has 0 radical (unpaired) electrons. The number of nitrogens with two attached hydrogens (primary N) is 1. The van der Waals surface area contributed by atoms with E-state index >= 15 is 0 Å². The highest BCUT2D eigenvalue weighted by molar-refractivity contribution is 7.91. The molecule has 0 amide bonds. The summed E-state index contributed by atoms with van der Waals surface area (Å²) in [6, 6.07) is 5.19. The van der Waals surface area contributed by atoms with Gasteiger partial charge in [-0.25, -0.2) is 8.42 Å². The molecule has 1 fully saturated rings. The molecular formula is C13H18ClNO3S. The van der Waals surface area contributed by atoms with Crippen LogP contribution < -0.4 is 5.73 Å². The minimum absolute atomic E-state index is 0.0558. The number of hydrogen-bond acceptors (Lipinski definition) is 4. The van der Waals surface area contributed by atoms with Crippen LogP contribution in [0.4, 0.5) is 0 Å². The molecule has 1 heterocycles. The van der Waals surface area contributed by atoms with Crippen molar-refractivity contribution in [3.8, 4) is 0 Å². The zero-order valence-corrected chi connectivity index (χ0v) is 12.3. The Morgan fingerprint density at radius 2 is 2.21 bits per heavy atom. The Balaban J connectivity index is 2.39. The van der Waals surface area contributed by atoms with Crippen molar-refractivity contribution in [1.29, 1.82) is 0 Å². The average molecular weight is 304 g/mol. The molecule has 2 atom stereocenters. The zero-order valence-electron chi connectivity index (χ0n) is 10.8. The minimum atomic E-state index is -3.11. The summed E-state index contributed by atoms with van der Waals surface area (Å²) in [5.74, 6) is 0.0353. The van der Waals surface area contributed by atoms with Gasteiger partial charge in [0.1, 0.15) is 0 Å². The van der Waals surface area contributed by atoms with Crippen molar-refractivity contribution in [1.82, 2.24) is 0 Å². The maximum absolute atomic E-state index is 11.7. The van der Waals surface area contributed by atoms with Crippen molar-refractivity contribution in [3.05, 3.63) is 34.3 Å². The first kappa shape index (κ1) is 14.8. The Bertz CT molecular complexity index is 588. The molecule has 1 aliphatic rings. The quantitative estimate of drug-likeness (QED) is 0.885. The van der Waals surface area contributed by atoms with Crippen LogP contribution in [0.15, 0.2) is 18.2 Å². The van der Waals surface area contributed by atoms with Gasteiger partial charge in [-0.2, -0.15) is 0 Å². The molecule has 3 N–H and O–H groups in total. The number of benzene rings is 1. The second-order valence-corrected chi connectivity index (χ2v) is 7.93. The molecule has 0 spiro atoms. The van der Waals surface area contributed by atoms with Crippen LogP contribution in [-0.2, 0) is 9.84 Å². The lowest BCUT2D eigenvalue weighted by atomic mass is 9.77. The average Bonchev–Trinajstić information content (AvgIpc) is 2.65. The molecule has 0 aliphatic carbocycles. The summed E-state index contributed by atoms with van der Waals surface area (Å²) in [4.78, 5) is 0. The maximum Gasteiger partial charge on any atom is 0.151 e. The van der Waals surface area contributed by atoms with E-state index in [0.717, 1.165) is 5.56 Å². The molecule has 0 aromatic heterocycles. The number of rotatable bonds is 3. The Morgan fingerprint density at radius 3 is 2.68 bits per heavy atom. The molecule has 0 saturated carbocycles. The maximum atomic E-state index is 11.7. The van der Waals surface area contributed by atoms with Gasteiger partial charge in [0.15, 0.2) is 9.84 Å². The van der Waals surface area contributed by atoms with Gasteiger partial charge >= 0.3 is 0 Å². The lowest BCUT2D eigenvalue weighted by Gasteiger charge is -2.32. The van der Waals surface area contributed by atoms with E-state index < -0.39 is 21.4 Å². The van der Waals surface area contributed by atoms with Crippen LogP contribution >= 0.6 is 11.6 Å². The van der Waals surface area contributed by atoms with Crippen LogP contribution in [0.3, 0.4) is 0 Å². The van der Waals surface area contributed by atoms with E-state index in [2.05, 4.69) is 0 Å². The highest BCUT2D eigenvalue weighted by atomic mass is 35.5. The number of aryl methyl sites for hydroxylation is 1. The van der Waals surface area contributed by atoms with Gasteiger partial charge in [0.2, 0.25) is 0 Å². The Hall–Kier alpha value is -0.620. The van der Waals surface area contributed by atoms with Crippen LogP contribution in [0.5, 0.6) is 0 Å². The van der Waals surface area contributed by atoms with Crippen LogP contribution in [0.25, 0.3) is 0 Å². The van der Waals surface area contributed by atoms with Crippen LogP contribution in [0.2, 0.25) is 5.02 Å². The molecule has 1 aliphatic heterocycles. The lowest BCUT2D eigenvalue weighted by molar-refractivity contribution is 0.0467. The van der Waals surface area contributed by atoms with E-state index in [-0.39, 0.29) is 18.1 Å². The fourth-order valence-corrected chi connectivity index (χ4v) is 5.09. The SMILES string of the molecule is Cc1cc(Cl)ccc1C(O)C1(CN)CCS(=O)(=O)C1. The van der Waals surface area contributed by atoms with Crippen molar-refractivity contribution in [3.63, 3.8) is 0 Å². The summed E-state index contributed by atoms with van der Waals surface area (Å²) >= 11 is 5.89. The first-order chi connectivity index (χ1) is 8.80. The first-order valence-corrected chi connectivity index (χ1v) is 8.34. The number of hydrogen-bond donors (Lipinski definition) is 2. The van der Waals surface area contributed by atoms with Gasteiger partial charge < -0.3 is 10.8 Å². The first-order valence-electron chi connectivity index (χ1n) is 6.14. The van der Waals surface area contributed by atoms with Crippen LogP contribution in [0, 0.1) is 12.3 Å². The molecule has 2 rings (SSSR count). The third-order valence-corrected chi connectivity index (χ3v) is 6.01. The van der Waals surface area contributed by atoms with Crippen molar-refractivity contribution in [2.45, 2.75) is 19.4 Å². The van der Waals surface area contributed by atoms with E-state index in [9.17, 15) is 13.5 Å². The minimum Gasteiger partial charge on any atom is -0.388 e. The third kappa shape index (κ3) is 2.79. The largest absolute Gasteiger partial charge is 0.388 e. The van der Waals surface area contributed by atoms with Gasteiger partial charge in [-0.1, -0.05) is 17.7 Å². The fraction of sp³-hybridized carbons (Fsp3) is 0.538. The van der Waals surface area contributed by atoms with E-state index in [4.69, 9.17) is 17.3 Å². The molecule has 1 aromatic carbocycles. The molecule has 1 saturated heterocycles. The Morgan fingerprint density at radius 1 is 1.53 bits per heavy atom.